The van der Waals surface area contributed by atoms with Gasteiger partial charge in [0.05, 0.1) is 0 Å². The van der Waals surface area contributed by atoms with Gasteiger partial charge in [-0.2, -0.15) is 0 Å². The van der Waals surface area contributed by atoms with E-state index in [2.05, 4.69) is 6.92 Å². The molecule has 1 fully saturated rings. The average Bonchev–Trinajstić information content (AvgIpc) is 2.29. The minimum atomic E-state index is 0.281. The summed E-state index contributed by atoms with van der Waals surface area (Å²) in [6.45, 7) is 2.10. The summed E-state index contributed by atoms with van der Waals surface area (Å²) in [5.41, 5.74) is 0. The van der Waals surface area contributed by atoms with Gasteiger partial charge in [0.1, 0.15) is 6.29 Å². The van der Waals surface area contributed by atoms with Gasteiger partial charge in [0.25, 0.3) is 0 Å². The van der Waals surface area contributed by atoms with E-state index in [1.807, 2.05) is 0 Å². The molecule has 0 spiro atoms. The Hall–Kier alpha value is -0.330. The minimum Gasteiger partial charge on any atom is -0.303 e. The first-order valence-electron chi connectivity index (χ1n) is 7.30. The van der Waals surface area contributed by atoms with Crippen LogP contribution in [0.4, 0.5) is 0 Å². The summed E-state index contributed by atoms with van der Waals surface area (Å²) in [6.07, 6.45) is 16.2. The van der Waals surface area contributed by atoms with Gasteiger partial charge >= 0.3 is 0 Å². The van der Waals surface area contributed by atoms with Crippen LogP contribution in [0.25, 0.3) is 0 Å². The number of aldehydes is 1. The molecule has 94 valence electrons. The lowest BCUT2D eigenvalue weighted by molar-refractivity contribution is -0.112. The SMILES string of the molecule is CC(C=O)C1CCCCCCCCCCC1. The summed E-state index contributed by atoms with van der Waals surface area (Å²) in [5.74, 6) is 0.944. The van der Waals surface area contributed by atoms with E-state index in [9.17, 15) is 4.79 Å². The lowest BCUT2D eigenvalue weighted by Gasteiger charge is -2.20. The van der Waals surface area contributed by atoms with Gasteiger partial charge < -0.3 is 4.79 Å². The van der Waals surface area contributed by atoms with Crippen molar-refractivity contribution in [1.82, 2.24) is 0 Å². The molecular formula is C15H28O. The average molecular weight is 224 g/mol. The quantitative estimate of drug-likeness (QED) is 0.619. The second-order valence-corrected chi connectivity index (χ2v) is 5.51. The van der Waals surface area contributed by atoms with Crippen molar-refractivity contribution < 1.29 is 4.79 Å². The van der Waals surface area contributed by atoms with E-state index in [1.54, 1.807) is 0 Å². The van der Waals surface area contributed by atoms with Crippen LogP contribution in [-0.2, 0) is 4.79 Å². The fourth-order valence-corrected chi connectivity index (χ4v) is 2.83. The molecule has 0 bridgehead atoms. The molecule has 1 rings (SSSR count). The Morgan fingerprint density at radius 3 is 1.56 bits per heavy atom. The maximum atomic E-state index is 10.9. The standard InChI is InChI=1S/C15H28O/c1-14(13-16)15-11-9-7-5-3-2-4-6-8-10-12-15/h13-15H,2-12H2,1H3. The van der Waals surface area contributed by atoms with Crippen LogP contribution in [0.5, 0.6) is 0 Å². The minimum absolute atomic E-state index is 0.281. The van der Waals surface area contributed by atoms with Gasteiger partial charge in [0.15, 0.2) is 0 Å². The van der Waals surface area contributed by atoms with Crippen LogP contribution in [0.1, 0.15) is 77.6 Å². The van der Waals surface area contributed by atoms with Gasteiger partial charge in [-0.15, -0.1) is 0 Å². The smallest absolute Gasteiger partial charge is 0.123 e. The Kier molecular flexibility index (Phi) is 7.54. The van der Waals surface area contributed by atoms with Crippen molar-refractivity contribution in [1.29, 1.82) is 0 Å². The third-order valence-corrected chi connectivity index (χ3v) is 4.11. The van der Waals surface area contributed by atoms with Crippen molar-refractivity contribution in [3.63, 3.8) is 0 Å². The number of hydrogen-bond acceptors (Lipinski definition) is 1. The lowest BCUT2D eigenvalue weighted by Crippen LogP contribution is -2.13. The monoisotopic (exact) mass is 224 g/mol. The Bertz CT molecular complexity index is 164. The van der Waals surface area contributed by atoms with Crippen LogP contribution in [0.2, 0.25) is 0 Å². The third kappa shape index (κ3) is 5.67. The summed E-state index contributed by atoms with van der Waals surface area (Å²) in [5, 5.41) is 0. The van der Waals surface area contributed by atoms with E-state index in [0.29, 0.717) is 5.92 Å². The van der Waals surface area contributed by atoms with Gasteiger partial charge in [-0.25, -0.2) is 0 Å². The van der Waals surface area contributed by atoms with Crippen molar-refractivity contribution in [2.75, 3.05) is 0 Å². The molecule has 0 aliphatic heterocycles. The summed E-state index contributed by atoms with van der Waals surface area (Å²) < 4.78 is 0. The van der Waals surface area contributed by atoms with Crippen LogP contribution < -0.4 is 0 Å². The molecule has 0 saturated heterocycles. The highest BCUT2D eigenvalue weighted by Crippen LogP contribution is 2.25. The zero-order valence-corrected chi connectivity index (χ0v) is 10.9. The highest BCUT2D eigenvalue weighted by atomic mass is 16.1. The lowest BCUT2D eigenvalue weighted by atomic mass is 9.85. The second kappa shape index (κ2) is 8.78. The molecule has 0 aromatic rings. The maximum absolute atomic E-state index is 10.9. The summed E-state index contributed by atoms with van der Waals surface area (Å²) >= 11 is 0. The molecule has 0 radical (unpaired) electrons. The molecule has 1 aliphatic rings. The van der Waals surface area contributed by atoms with E-state index >= 15 is 0 Å². The van der Waals surface area contributed by atoms with E-state index in [0.717, 1.165) is 6.29 Å². The normalized spacial score (nSPS) is 24.1. The van der Waals surface area contributed by atoms with Crippen LogP contribution in [0.3, 0.4) is 0 Å². The molecular weight excluding hydrogens is 196 g/mol. The molecule has 1 saturated carbocycles. The highest BCUT2D eigenvalue weighted by Gasteiger charge is 2.16. The number of rotatable bonds is 2. The molecule has 16 heavy (non-hydrogen) atoms. The molecule has 1 aliphatic carbocycles. The van der Waals surface area contributed by atoms with Gasteiger partial charge in [-0.05, 0) is 18.8 Å². The highest BCUT2D eigenvalue weighted by molar-refractivity contribution is 5.53. The zero-order chi connectivity index (χ0) is 11.6. The van der Waals surface area contributed by atoms with Crippen LogP contribution in [-0.4, -0.2) is 6.29 Å². The summed E-state index contributed by atoms with van der Waals surface area (Å²) in [7, 11) is 0. The van der Waals surface area contributed by atoms with E-state index in [4.69, 9.17) is 0 Å². The summed E-state index contributed by atoms with van der Waals surface area (Å²) in [4.78, 5) is 10.9. The predicted molar refractivity (Wildman–Crippen MR) is 69.5 cm³/mol. The van der Waals surface area contributed by atoms with E-state index in [-0.39, 0.29) is 5.92 Å². The number of hydrogen-bond donors (Lipinski definition) is 0. The molecule has 1 nitrogen and oxygen atoms in total. The van der Waals surface area contributed by atoms with Gasteiger partial charge in [0.2, 0.25) is 0 Å². The molecule has 0 N–H and O–H groups in total. The number of carbonyl (C=O) groups excluding carboxylic acids is 1. The van der Waals surface area contributed by atoms with Gasteiger partial charge in [0, 0.05) is 5.92 Å². The zero-order valence-electron chi connectivity index (χ0n) is 10.9. The Morgan fingerprint density at radius 1 is 0.812 bits per heavy atom. The predicted octanol–water partition coefficient (Wildman–Crippen LogP) is 4.74. The first-order chi connectivity index (χ1) is 7.84. The fourth-order valence-electron chi connectivity index (χ4n) is 2.83. The molecule has 1 atom stereocenters. The van der Waals surface area contributed by atoms with Crippen LogP contribution >= 0.6 is 0 Å². The third-order valence-electron chi connectivity index (χ3n) is 4.11. The first-order valence-corrected chi connectivity index (χ1v) is 7.30. The van der Waals surface area contributed by atoms with Gasteiger partial charge in [-0.1, -0.05) is 64.7 Å². The Balaban J connectivity index is 2.32. The van der Waals surface area contributed by atoms with E-state index < -0.39 is 0 Å². The first kappa shape index (κ1) is 13.7. The topological polar surface area (TPSA) is 17.1 Å². The van der Waals surface area contributed by atoms with Crippen LogP contribution in [0.15, 0.2) is 0 Å². The van der Waals surface area contributed by atoms with Gasteiger partial charge in [-0.3, -0.25) is 0 Å². The van der Waals surface area contributed by atoms with Crippen molar-refractivity contribution >= 4 is 6.29 Å². The maximum Gasteiger partial charge on any atom is 0.123 e. The molecule has 0 heterocycles. The second-order valence-electron chi connectivity index (χ2n) is 5.51. The molecule has 1 unspecified atom stereocenters. The largest absolute Gasteiger partial charge is 0.303 e. The molecule has 0 aromatic heterocycles. The molecule has 0 aromatic carbocycles. The Labute approximate surface area is 101 Å². The Morgan fingerprint density at radius 2 is 1.19 bits per heavy atom. The fraction of sp³-hybridized carbons (Fsp3) is 0.933. The summed E-state index contributed by atoms with van der Waals surface area (Å²) in [6, 6.07) is 0. The van der Waals surface area contributed by atoms with Crippen LogP contribution in [0, 0.1) is 11.8 Å². The number of carbonyl (C=O) groups is 1. The van der Waals surface area contributed by atoms with Crippen molar-refractivity contribution in [3.05, 3.63) is 0 Å². The van der Waals surface area contributed by atoms with E-state index in [1.165, 1.54) is 70.6 Å². The molecule has 1 heteroatoms. The van der Waals surface area contributed by atoms with Crippen molar-refractivity contribution in [2.24, 2.45) is 11.8 Å². The molecule has 0 amide bonds. The van der Waals surface area contributed by atoms with Crippen molar-refractivity contribution in [3.8, 4) is 0 Å². The van der Waals surface area contributed by atoms with Crippen molar-refractivity contribution in [2.45, 2.75) is 77.6 Å².